The van der Waals surface area contributed by atoms with E-state index in [4.69, 9.17) is 0 Å². The van der Waals surface area contributed by atoms with Gasteiger partial charge in [0.05, 0.1) is 0 Å². The summed E-state index contributed by atoms with van der Waals surface area (Å²) in [5, 5.41) is 0. The Morgan fingerprint density at radius 3 is 2.40 bits per heavy atom. The van der Waals surface area contributed by atoms with Crippen LogP contribution in [0.25, 0.3) is 0 Å². The van der Waals surface area contributed by atoms with E-state index in [1.807, 2.05) is 0 Å². The van der Waals surface area contributed by atoms with E-state index in [-0.39, 0.29) is 0 Å². The molecule has 1 saturated carbocycles. The Bertz CT molecular complexity index is 74.8. The minimum Gasteiger partial charge on any atom is -0.138 e. The van der Waals surface area contributed by atoms with Crippen LogP contribution in [0.1, 0.15) is 44.9 Å². The third-order valence-electron chi connectivity index (χ3n) is 2.54. The quantitative estimate of drug-likeness (QED) is 0.553. The van der Waals surface area contributed by atoms with Gasteiger partial charge in [0, 0.05) is 0 Å². The molecule has 0 radical (unpaired) electrons. The van der Waals surface area contributed by atoms with Crippen LogP contribution in [0.4, 0.5) is 0 Å². The van der Waals surface area contributed by atoms with Crippen LogP contribution in [0.5, 0.6) is 0 Å². The highest BCUT2D eigenvalue weighted by atomic mass is 31.0. The maximum Gasteiger partial charge on any atom is -0.0381 e. The van der Waals surface area contributed by atoms with Gasteiger partial charge < -0.3 is 0 Å². The molecule has 0 aromatic heterocycles. The lowest BCUT2D eigenvalue weighted by molar-refractivity contribution is 0.337. The van der Waals surface area contributed by atoms with E-state index < -0.39 is 0 Å². The summed E-state index contributed by atoms with van der Waals surface area (Å²) in [6.45, 7) is 0. The van der Waals surface area contributed by atoms with Crippen molar-refractivity contribution < 1.29 is 0 Å². The van der Waals surface area contributed by atoms with E-state index in [0.717, 1.165) is 5.92 Å². The van der Waals surface area contributed by atoms with E-state index in [1.165, 1.54) is 51.1 Å². The van der Waals surface area contributed by atoms with Crippen molar-refractivity contribution in [3.63, 3.8) is 0 Å². The zero-order valence-electron chi connectivity index (χ0n) is 6.81. The maximum atomic E-state index is 2.82. The highest BCUT2D eigenvalue weighted by Gasteiger charge is 2.11. The first-order valence-corrected chi connectivity index (χ1v) is 5.45. The Morgan fingerprint density at radius 2 is 1.80 bits per heavy atom. The largest absolute Gasteiger partial charge is 0.138 e. The predicted molar refractivity (Wildman–Crippen MR) is 50.4 cm³/mol. The summed E-state index contributed by atoms with van der Waals surface area (Å²) in [7, 11) is 2.82. The second-order valence-electron chi connectivity index (χ2n) is 3.43. The monoisotopic (exact) mass is 158 g/mol. The fourth-order valence-electron chi connectivity index (χ4n) is 1.88. The molecule has 1 rings (SSSR count). The third-order valence-corrected chi connectivity index (χ3v) is 2.95. The second-order valence-corrected chi connectivity index (χ2v) is 4.01. The van der Waals surface area contributed by atoms with Gasteiger partial charge in [0.25, 0.3) is 0 Å². The molecule has 0 saturated heterocycles. The van der Waals surface area contributed by atoms with Crippen LogP contribution in [-0.2, 0) is 0 Å². The highest BCUT2D eigenvalue weighted by Crippen LogP contribution is 2.27. The molecular formula is C9H19P. The maximum absolute atomic E-state index is 2.82. The van der Waals surface area contributed by atoms with Gasteiger partial charge in [-0.3, -0.25) is 0 Å². The van der Waals surface area contributed by atoms with Gasteiger partial charge in [-0.15, -0.1) is 9.24 Å². The average molecular weight is 158 g/mol. The van der Waals surface area contributed by atoms with Crippen LogP contribution < -0.4 is 0 Å². The molecular weight excluding hydrogens is 139 g/mol. The summed E-state index contributed by atoms with van der Waals surface area (Å²) in [6, 6.07) is 0. The van der Waals surface area contributed by atoms with Crippen molar-refractivity contribution in [1.29, 1.82) is 0 Å². The topological polar surface area (TPSA) is 0 Å². The predicted octanol–water partition coefficient (Wildman–Crippen LogP) is 3.22. The molecule has 0 amide bonds. The van der Waals surface area contributed by atoms with Crippen molar-refractivity contribution in [2.45, 2.75) is 44.9 Å². The van der Waals surface area contributed by atoms with E-state index in [9.17, 15) is 0 Å². The van der Waals surface area contributed by atoms with E-state index in [1.54, 1.807) is 0 Å². The van der Waals surface area contributed by atoms with Crippen molar-refractivity contribution in [3.05, 3.63) is 0 Å². The Kier molecular flexibility index (Phi) is 4.37. The van der Waals surface area contributed by atoms with Crippen LogP contribution >= 0.6 is 9.24 Å². The number of rotatable bonds is 3. The zero-order valence-corrected chi connectivity index (χ0v) is 7.97. The van der Waals surface area contributed by atoms with Gasteiger partial charge in [-0.05, 0) is 18.5 Å². The van der Waals surface area contributed by atoms with Crippen LogP contribution in [0.15, 0.2) is 0 Å². The summed E-state index contributed by atoms with van der Waals surface area (Å²) in [5.74, 6) is 1.09. The Balaban J connectivity index is 2.02. The van der Waals surface area contributed by atoms with Gasteiger partial charge in [0.1, 0.15) is 0 Å². The highest BCUT2D eigenvalue weighted by molar-refractivity contribution is 7.16. The van der Waals surface area contributed by atoms with Crippen molar-refractivity contribution in [3.8, 4) is 0 Å². The standard InChI is InChI=1S/C9H19P/c10-8-4-7-9-5-2-1-3-6-9/h9H,1-8,10H2. The molecule has 0 heterocycles. The molecule has 0 aromatic rings. The van der Waals surface area contributed by atoms with Gasteiger partial charge in [-0.2, -0.15) is 0 Å². The number of hydrogen-bond acceptors (Lipinski definition) is 0. The first kappa shape index (κ1) is 8.53. The van der Waals surface area contributed by atoms with Crippen molar-refractivity contribution in [1.82, 2.24) is 0 Å². The minimum absolute atomic E-state index is 1.09. The lowest BCUT2D eigenvalue weighted by Gasteiger charge is -2.20. The third kappa shape index (κ3) is 3.01. The second kappa shape index (κ2) is 5.13. The molecule has 0 spiro atoms. The molecule has 0 aromatic carbocycles. The first-order valence-electron chi connectivity index (χ1n) is 4.63. The summed E-state index contributed by atoms with van der Waals surface area (Å²) in [6.07, 6.45) is 11.8. The van der Waals surface area contributed by atoms with Crippen molar-refractivity contribution >= 4 is 9.24 Å². The number of hydrogen-bond donors (Lipinski definition) is 0. The molecule has 0 N–H and O–H groups in total. The van der Waals surface area contributed by atoms with Gasteiger partial charge >= 0.3 is 0 Å². The Labute approximate surface area is 67.0 Å². The van der Waals surface area contributed by atoms with E-state index >= 15 is 0 Å². The fraction of sp³-hybridized carbons (Fsp3) is 1.00. The lowest BCUT2D eigenvalue weighted by atomic mass is 9.86. The molecule has 1 aliphatic rings. The van der Waals surface area contributed by atoms with Crippen molar-refractivity contribution in [2.75, 3.05) is 6.16 Å². The van der Waals surface area contributed by atoms with Gasteiger partial charge in [-0.25, -0.2) is 0 Å². The molecule has 0 nitrogen and oxygen atoms in total. The normalized spacial score (nSPS) is 21.3. The van der Waals surface area contributed by atoms with Crippen molar-refractivity contribution in [2.24, 2.45) is 5.92 Å². The summed E-state index contributed by atoms with van der Waals surface area (Å²) in [4.78, 5) is 0. The zero-order chi connectivity index (χ0) is 7.23. The molecule has 1 heteroatoms. The van der Waals surface area contributed by atoms with E-state index in [0.29, 0.717) is 0 Å². The molecule has 1 atom stereocenters. The summed E-state index contributed by atoms with van der Waals surface area (Å²) in [5.41, 5.74) is 0. The molecule has 10 heavy (non-hydrogen) atoms. The van der Waals surface area contributed by atoms with Crippen LogP contribution in [0.3, 0.4) is 0 Å². The van der Waals surface area contributed by atoms with Gasteiger partial charge in [0.2, 0.25) is 0 Å². The minimum atomic E-state index is 1.09. The van der Waals surface area contributed by atoms with E-state index in [2.05, 4.69) is 9.24 Å². The molecule has 1 fully saturated rings. The fourth-order valence-corrected chi connectivity index (χ4v) is 2.12. The van der Waals surface area contributed by atoms with Crippen LogP contribution in [0.2, 0.25) is 0 Å². The van der Waals surface area contributed by atoms with Crippen LogP contribution in [0, 0.1) is 5.92 Å². The Morgan fingerprint density at radius 1 is 1.10 bits per heavy atom. The molecule has 1 aliphatic carbocycles. The molecule has 0 aliphatic heterocycles. The summed E-state index contributed by atoms with van der Waals surface area (Å²) < 4.78 is 0. The molecule has 1 unspecified atom stereocenters. The average Bonchev–Trinajstić information content (AvgIpc) is 2.03. The first-order chi connectivity index (χ1) is 4.93. The van der Waals surface area contributed by atoms with Gasteiger partial charge in [-0.1, -0.05) is 38.5 Å². The van der Waals surface area contributed by atoms with Gasteiger partial charge in [0.15, 0.2) is 0 Å². The smallest absolute Gasteiger partial charge is 0.0381 e. The lowest BCUT2D eigenvalue weighted by Crippen LogP contribution is -2.05. The molecule has 60 valence electrons. The SMILES string of the molecule is PCCCC1CCCCC1. The Hall–Kier alpha value is 0.430. The van der Waals surface area contributed by atoms with Crippen LogP contribution in [-0.4, -0.2) is 6.16 Å². The summed E-state index contributed by atoms with van der Waals surface area (Å²) >= 11 is 0. The molecule has 0 bridgehead atoms.